The molecule has 0 aromatic rings. The van der Waals surface area contributed by atoms with Gasteiger partial charge >= 0.3 is 5.97 Å². The summed E-state index contributed by atoms with van der Waals surface area (Å²) in [6, 6.07) is 0. The maximum absolute atomic E-state index is 11.2. The van der Waals surface area contributed by atoms with Crippen molar-refractivity contribution in [2.45, 2.75) is 26.1 Å². The Morgan fingerprint density at radius 1 is 1.18 bits per heavy atom. The summed E-state index contributed by atoms with van der Waals surface area (Å²) in [5.41, 5.74) is 0.145. The van der Waals surface area contributed by atoms with Crippen molar-refractivity contribution >= 4 is 5.97 Å². The average Bonchev–Trinajstić information content (AvgIpc) is 2.24. The maximum atomic E-state index is 11.2. The minimum Gasteiger partial charge on any atom is -0.460 e. The molecule has 2 atom stereocenters. The Hall–Kier alpha value is -0.950. The number of esters is 1. The number of carbonyl (C=O) groups is 1. The molecule has 0 spiro atoms. The SMILES string of the molecule is C=C(COCOCC(C)O)C(=O)OCC(C)O. The van der Waals surface area contributed by atoms with Crippen LogP contribution in [0.15, 0.2) is 12.2 Å². The van der Waals surface area contributed by atoms with Gasteiger partial charge in [-0.15, -0.1) is 0 Å². The molecule has 0 aliphatic carbocycles. The smallest absolute Gasteiger partial charge is 0.335 e. The Balaban J connectivity index is 3.54. The van der Waals surface area contributed by atoms with Crippen molar-refractivity contribution in [3.63, 3.8) is 0 Å². The third-order valence-corrected chi connectivity index (χ3v) is 1.55. The van der Waals surface area contributed by atoms with Gasteiger partial charge in [0.25, 0.3) is 0 Å². The van der Waals surface area contributed by atoms with E-state index in [1.54, 1.807) is 6.92 Å². The van der Waals surface area contributed by atoms with Crippen molar-refractivity contribution in [3.8, 4) is 0 Å². The van der Waals surface area contributed by atoms with Crippen LogP contribution in [0.5, 0.6) is 0 Å². The Bertz CT molecular complexity index is 236. The van der Waals surface area contributed by atoms with E-state index in [4.69, 9.17) is 24.4 Å². The molecule has 0 fully saturated rings. The third kappa shape index (κ3) is 9.95. The molecule has 0 aliphatic rings. The molecule has 0 saturated heterocycles. The van der Waals surface area contributed by atoms with Crippen molar-refractivity contribution in [1.29, 1.82) is 0 Å². The summed E-state index contributed by atoms with van der Waals surface area (Å²) in [4.78, 5) is 11.2. The van der Waals surface area contributed by atoms with E-state index in [-0.39, 0.29) is 32.2 Å². The lowest BCUT2D eigenvalue weighted by Gasteiger charge is -2.10. The van der Waals surface area contributed by atoms with Gasteiger partial charge in [-0.05, 0) is 13.8 Å². The zero-order valence-electron chi connectivity index (χ0n) is 10.2. The monoisotopic (exact) mass is 248 g/mol. The van der Waals surface area contributed by atoms with Gasteiger partial charge < -0.3 is 24.4 Å². The lowest BCUT2D eigenvalue weighted by molar-refractivity contribution is -0.143. The van der Waals surface area contributed by atoms with Crippen molar-refractivity contribution in [2.24, 2.45) is 0 Å². The number of aliphatic hydroxyl groups is 2. The molecule has 2 N–H and O–H groups in total. The van der Waals surface area contributed by atoms with Gasteiger partial charge in [0, 0.05) is 0 Å². The van der Waals surface area contributed by atoms with Crippen LogP contribution >= 0.6 is 0 Å². The van der Waals surface area contributed by atoms with Crippen LogP contribution < -0.4 is 0 Å². The average molecular weight is 248 g/mol. The molecular weight excluding hydrogens is 228 g/mol. The highest BCUT2D eigenvalue weighted by Gasteiger charge is 2.09. The normalized spacial score (nSPS) is 14.1. The molecule has 0 aliphatic heterocycles. The van der Waals surface area contributed by atoms with Gasteiger partial charge in [-0.3, -0.25) is 0 Å². The first-order valence-electron chi connectivity index (χ1n) is 5.30. The van der Waals surface area contributed by atoms with Crippen LogP contribution in [-0.4, -0.2) is 55.0 Å². The molecule has 0 rings (SSSR count). The van der Waals surface area contributed by atoms with Crippen molar-refractivity contribution < 1.29 is 29.2 Å². The fraction of sp³-hybridized carbons (Fsp3) is 0.727. The van der Waals surface area contributed by atoms with Crippen LogP contribution in [0.25, 0.3) is 0 Å². The van der Waals surface area contributed by atoms with E-state index in [1.807, 2.05) is 0 Å². The first-order valence-corrected chi connectivity index (χ1v) is 5.30. The van der Waals surface area contributed by atoms with Crippen LogP contribution in [0.1, 0.15) is 13.8 Å². The largest absolute Gasteiger partial charge is 0.460 e. The zero-order valence-corrected chi connectivity index (χ0v) is 10.2. The summed E-state index contributed by atoms with van der Waals surface area (Å²) >= 11 is 0. The van der Waals surface area contributed by atoms with Crippen molar-refractivity contribution in [3.05, 3.63) is 12.2 Å². The number of hydrogen-bond acceptors (Lipinski definition) is 6. The van der Waals surface area contributed by atoms with E-state index in [0.29, 0.717) is 0 Å². The summed E-state index contributed by atoms with van der Waals surface area (Å²) in [7, 11) is 0. The molecule has 0 aromatic heterocycles. The second-order valence-electron chi connectivity index (χ2n) is 3.74. The number of rotatable bonds is 9. The lowest BCUT2D eigenvalue weighted by Crippen LogP contribution is -2.19. The van der Waals surface area contributed by atoms with Gasteiger partial charge in [-0.1, -0.05) is 6.58 Å². The first-order chi connectivity index (χ1) is 7.93. The third-order valence-electron chi connectivity index (χ3n) is 1.55. The van der Waals surface area contributed by atoms with Gasteiger partial charge in [-0.25, -0.2) is 4.79 Å². The van der Waals surface area contributed by atoms with Crippen LogP contribution in [0.4, 0.5) is 0 Å². The zero-order chi connectivity index (χ0) is 13.3. The quantitative estimate of drug-likeness (QED) is 0.255. The van der Waals surface area contributed by atoms with Gasteiger partial charge in [0.2, 0.25) is 0 Å². The molecular formula is C11H20O6. The Kier molecular flexibility index (Phi) is 8.61. The summed E-state index contributed by atoms with van der Waals surface area (Å²) in [6.07, 6.45) is -1.26. The fourth-order valence-electron chi connectivity index (χ4n) is 0.800. The number of aliphatic hydroxyl groups excluding tert-OH is 2. The minimum atomic E-state index is -0.706. The highest BCUT2D eigenvalue weighted by molar-refractivity contribution is 5.87. The Morgan fingerprint density at radius 3 is 2.29 bits per heavy atom. The van der Waals surface area contributed by atoms with Gasteiger partial charge in [0.15, 0.2) is 0 Å². The van der Waals surface area contributed by atoms with E-state index in [9.17, 15) is 4.79 Å². The van der Waals surface area contributed by atoms with Crippen molar-refractivity contribution in [1.82, 2.24) is 0 Å². The topological polar surface area (TPSA) is 85.2 Å². The van der Waals surface area contributed by atoms with E-state index in [1.165, 1.54) is 6.92 Å². The highest BCUT2D eigenvalue weighted by atomic mass is 16.7. The molecule has 0 amide bonds. The molecule has 100 valence electrons. The number of ether oxygens (including phenoxy) is 3. The highest BCUT2D eigenvalue weighted by Crippen LogP contribution is 1.97. The van der Waals surface area contributed by atoms with Gasteiger partial charge in [0.1, 0.15) is 13.4 Å². The first kappa shape index (κ1) is 16.1. The summed E-state index contributed by atoms with van der Waals surface area (Å²) in [5.74, 6) is -0.610. The standard InChI is InChI=1S/C11H20O6/c1-8(11(14)17-6-10(3)13)4-15-7-16-5-9(2)12/h9-10,12-13H,1,4-7H2,2-3H3. The predicted octanol–water partition coefficient (Wildman–Crippen LogP) is -0.162. The Labute approximate surface area is 101 Å². The van der Waals surface area contributed by atoms with Gasteiger partial charge in [-0.2, -0.15) is 0 Å². The number of hydrogen-bond donors (Lipinski definition) is 2. The van der Waals surface area contributed by atoms with E-state index < -0.39 is 18.2 Å². The van der Waals surface area contributed by atoms with Crippen LogP contribution in [-0.2, 0) is 19.0 Å². The summed E-state index contributed by atoms with van der Waals surface area (Å²) in [5, 5.41) is 17.8. The molecule has 0 saturated carbocycles. The second kappa shape index (κ2) is 9.12. The lowest BCUT2D eigenvalue weighted by atomic mass is 10.3. The van der Waals surface area contributed by atoms with E-state index >= 15 is 0 Å². The predicted molar refractivity (Wildman–Crippen MR) is 60.2 cm³/mol. The van der Waals surface area contributed by atoms with Crippen LogP contribution in [0.2, 0.25) is 0 Å². The van der Waals surface area contributed by atoms with Gasteiger partial charge in [0.05, 0.1) is 31.0 Å². The molecule has 0 heterocycles. The molecule has 0 bridgehead atoms. The molecule has 6 nitrogen and oxygen atoms in total. The minimum absolute atomic E-state index is 0.0154. The Morgan fingerprint density at radius 2 is 1.76 bits per heavy atom. The maximum Gasteiger partial charge on any atom is 0.335 e. The molecule has 2 unspecified atom stereocenters. The van der Waals surface area contributed by atoms with E-state index in [2.05, 4.69) is 6.58 Å². The molecule has 0 radical (unpaired) electrons. The summed E-state index contributed by atoms with van der Waals surface area (Å²) in [6.45, 7) is 6.62. The van der Waals surface area contributed by atoms with Crippen molar-refractivity contribution in [2.75, 3.05) is 26.6 Å². The van der Waals surface area contributed by atoms with E-state index in [0.717, 1.165) is 0 Å². The van der Waals surface area contributed by atoms with Crippen LogP contribution in [0, 0.1) is 0 Å². The molecule has 6 heteroatoms. The summed E-state index contributed by atoms with van der Waals surface area (Å²) < 4.78 is 14.6. The molecule has 0 aromatic carbocycles. The second-order valence-corrected chi connectivity index (χ2v) is 3.74. The van der Waals surface area contributed by atoms with Crippen LogP contribution in [0.3, 0.4) is 0 Å². The fourth-order valence-corrected chi connectivity index (χ4v) is 0.800. The number of carbonyl (C=O) groups excluding carboxylic acids is 1. The molecule has 17 heavy (non-hydrogen) atoms.